The molecule has 0 aromatic heterocycles. The van der Waals surface area contributed by atoms with Crippen LogP contribution in [0.25, 0.3) is 6.08 Å². The van der Waals surface area contributed by atoms with Crippen molar-refractivity contribution in [2.75, 3.05) is 12.0 Å². The van der Waals surface area contributed by atoms with E-state index < -0.39 is 0 Å². The van der Waals surface area contributed by atoms with Crippen LogP contribution in [0.4, 0.5) is 10.5 Å². The molecule has 2 amide bonds. The van der Waals surface area contributed by atoms with E-state index in [1.165, 1.54) is 4.90 Å². The van der Waals surface area contributed by atoms with Crippen LogP contribution >= 0.6 is 27.7 Å². The molecule has 1 aliphatic rings. The maximum atomic E-state index is 12.5. The van der Waals surface area contributed by atoms with E-state index in [9.17, 15) is 9.59 Å². The van der Waals surface area contributed by atoms with Crippen LogP contribution in [-0.4, -0.2) is 22.7 Å². The summed E-state index contributed by atoms with van der Waals surface area (Å²) in [7, 11) is 0. The standard InChI is InChI=1S/C18H15BrN2O2S/c1-12-4-2-7-15(8-12)20-11-21-17(22)16(24-18(21)23)10-13-5-3-6-14(19)9-13/h2-10,20H,11H2,1H3/b16-10+. The smallest absolute Gasteiger partial charge is 0.295 e. The molecule has 1 N–H and O–H groups in total. The third-order valence-corrected chi connectivity index (χ3v) is 4.88. The number of nitrogens with zero attached hydrogens (tertiary/aromatic N) is 1. The third kappa shape index (κ3) is 3.88. The zero-order chi connectivity index (χ0) is 17.1. The number of hydrogen-bond acceptors (Lipinski definition) is 4. The number of rotatable bonds is 4. The number of halogens is 1. The van der Waals surface area contributed by atoms with Gasteiger partial charge in [-0.3, -0.25) is 14.5 Å². The highest BCUT2D eigenvalue weighted by Crippen LogP contribution is 2.32. The Morgan fingerprint density at radius 1 is 1.17 bits per heavy atom. The predicted molar refractivity (Wildman–Crippen MR) is 102 cm³/mol. The van der Waals surface area contributed by atoms with Gasteiger partial charge in [-0.1, -0.05) is 40.2 Å². The van der Waals surface area contributed by atoms with Crippen LogP contribution in [0.5, 0.6) is 0 Å². The first-order chi connectivity index (χ1) is 11.5. The Bertz CT molecular complexity index is 835. The van der Waals surface area contributed by atoms with Gasteiger partial charge in [-0.05, 0) is 60.2 Å². The van der Waals surface area contributed by atoms with Gasteiger partial charge in [0, 0.05) is 10.2 Å². The van der Waals surface area contributed by atoms with E-state index >= 15 is 0 Å². The SMILES string of the molecule is Cc1cccc(NCN2C(=O)S/C(=C/c3cccc(Br)c3)C2=O)c1. The minimum absolute atomic E-state index is 0.157. The first-order valence-corrected chi connectivity index (χ1v) is 8.95. The van der Waals surface area contributed by atoms with Crippen molar-refractivity contribution in [1.29, 1.82) is 0 Å². The molecule has 0 spiro atoms. The number of amides is 2. The zero-order valence-electron chi connectivity index (χ0n) is 13.0. The molecule has 0 bridgehead atoms. The first-order valence-electron chi connectivity index (χ1n) is 7.34. The van der Waals surface area contributed by atoms with Crippen LogP contribution in [0.2, 0.25) is 0 Å². The van der Waals surface area contributed by atoms with Crippen LogP contribution in [0, 0.1) is 6.92 Å². The molecular weight excluding hydrogens is 388 g/mol. The number of aryl methyl sites for hydroxylation is 1. The second-order valence-electron chi connectivity index (χ2n) is 5.37. The lowest BCUT2D eigenvalue weighted by Gasteiger charge is -2.14. The zero-order valence-corrected chi connectivity index (χ0v) is 15.4. The maximum absolute atomic E-state index is 12.5. The summed E-state index contributed by atoms with van der Waals surface area (Å²) in [5.74, 6) is -0.273. The highest BCUT2D eigenvalue weighted by Gasteiger charge is 2.34. The van der Waals surface area contributed by atoms with Crippen molar-refractivity contribution in [2.45, 2.75) is 6.92 Å². The molecule has 2 aromatic rings. The van der Waals surface area contributed by atoms with Gasteiger partial charge in [0.15, 0.2) is 0 Å². The van der Waals surface area contributed by atoms with Crippen molar-refractivity contribution in [3.8, 4) is 0 Å². The lowest BCUT2D eigenvalue weighted by Crippen LogP contribution is -2.33. The summed E-state index contributed by atoms with van der Waals surface area (Å²) in [6.07, 6.45) is 1.74. The van der Waals surface area contributed by atoms with Crippen LogP contribution in [0.3, 0.4) is 0 Å². The fourth-order valence-electron chi connectivity index (χ4n) is 2.31. The Balaban J connectivity index is 1.72. The summed E-state index contributed by atoms with van der Waals surface area (Å²) in [5.41, 5.74) is 2.87. The van der Waals surface area contributed by atoms with E-state index in [2.05, 4.69) is 21.2 Å². The van der Waals surface area contributed by atoms with Crippen molar-refractivity contribution in [1.82, 2.24) is 4.90 Å². The number of carbonyl (C=O) groups excluding carboxylic acids is 2. The fraction of sp³-hybridized carbons (Fsp3) is 0.111. The van der Waals surface area contributed by atoms with Gasteiger partial charge >= 0.3 is 0 Å². The molecule has 0 atom stereocenters. The van der Waals surface area contributed by atoms with Gasteiger partial charge in [0.2, 0.25) is 0 Å². The second-order valence-corrected chi connectivity index (χ2v) is 7.28. The summed E-state index contributed by atoms with van der Waals surface area (Å²) in [6, 6.07) is 15.4. The van der Waals surface area contributed by atoms with Crippen molar-refractivity contribution in [3.63, 3.8) is 0 Å². The number of benzene rings is 2. The van der Waals surface area contributed by atoms with Gasteiger partial charge in [0.05, 0.1) is 11.6 Å². The summed E-state index contributed by atoms with van der Waals surface area (Å²) >= 11 is 4.36. The number of thioether (sulfide) groups is 1. The average molecular weight is 403 g/mol. The number of hydrogen-bond donors (Lipinski definition) is 1. The Labute approximate surface area is 153 Å². The molecule has 6 heteroatoms. The molecule has 1 saturated heterocycles. The summed E-state index contributed by atoms with van der Waals surface area (Å²) in [4.78, 5) is 26.2. The topological polar surface area (TPSA) is 49.4 Å². The average Bonchev–Trinajstić information content (AvgIpc) is 2.79. The molecule has 3 rings (SSSR count). The highest BCUT2D eigenvalue weighted by molar-refractivity contribution is 9.10. The number of nitrogens with one attached hydrogen (secondary N) is 1. The van der Waals surface area contributed by atoms with E-state index in [4.69, 9.17) is 0 Å². The largest absolute Gasteiger partial charge is 0.367 e. The molecule has 0 aliphatic carbocycles. The van der Waals surface area contributed by atoms with Gasteiger partial charge in [-0.25, -0.2) is 0 Å². The number of carbonyl (C=O) groups is 2. The monoisotopic (exact) mass is 402 g/mol. The van der Waals surface area contributed by atoms with Crippen LogP contribution in [0.1, 0.15) is 11.1 Å². The van der Waals surface area contributed by atoms with Gasteiger partial charge in [0.1, 0.15) is 0 Å². The summed E-state index contributed by atoms with van der Waals surface area (Å²) in [5, 5.41) is 2.86. The molecule has 0 saturated carbocycles. The Hall–Kier alpha value is -2.05. The van der Waals surface area contributed by atoms with E-state index in [1.54, 1.807) is 6.08 Å². The van der Waals surface area contributed by atoms with E-state index in [-0.39, 0.29) is 17.8 Å². The van der Waals surface area contributed by atoms with Gasteiger partial charge in [-0.2, -0.15) is 0 Å². The Kier molecular flexibility index (Phi) is 5.06. The fourth-order valence-corrected chi connectivity index (χ4v) is 3.56. The highest BCUT2D eigenvalue weighted by atomic mass is 79.9. The van der Waals surface area contributed by atoms with Gasteiger partial charge < -0.3 is 5.32 Å². The third-order valence-electron chi connectivity index (χ3n) is 3.48. The molecule has 0 radical (unpaired) electrons. The molecular formula is C18H15BrN2O2S. The summed E-state index contributed by atoms with van der Waals surface area (Å²) < 4.78 is 0.927. The quantitative estimate of drug-likeness (QED) is 0.741. The van der Waals surface area contributed by atoms with Gasteiger partial charge in [-0.15, -0.1) is 0 Å². The molecule has 2 aromatic carbocycles. The molecule has 1 fully saturated rings. The van der Waals surface area contributed by atoms with E-state index in [0.717, 1.165) is 33.0 Å². The molecule has 4 nitrogen and oxygen atoms in total. The summed E-state index contributed by atoms with van der Waals surface area (Å²) in [6.45, 7) is 2.15. The minimum Gasteiger partial charge on any atom is -0.367 e. The molecule has 0 unspecified atom stereocenters. The van der Waals surface area contributed by atoms with Crippen LogP contribution in [-0.2, 0) is 4.79 Å². The lowest BCUT2D eigenvalue weighted by molar-refractivity contribution is -0.122. The predicted octanol–water partition coefficient (Wildman–Crippen LogP) is 4.86. The molecule has 24 heavy (non-hydrogen) atoms. The van der Waals surface area contributed by atoms with Crippen molar-refractivity contribution in [3.05, 3.63) is 69.0 Å². The van der Waals surface area contributed by atoms with Gasteiger partial charge in [0.25, 0.3) is 11.1 Å². The Morgan fingerprint density at radius 2 is 1.96 bits per heavy atom. The second kappa shape index (κ2) is 7.23. The Morgan fingerprint density at radius 3 is 2.71 bits per heavy atom. The molecule has 122 valence electrons. The van der Waals surface area contributed by atoms with Crippen molar-refractivity contribution >= 4 is 50.6 Å². The maximum Gasteiger partial charge on any atom is 0.295 e. The lowest BCUT2D eigenvalue weighted by atomic mass is 10.2. The number of imide groups is 1. The van der Waals surface area contributed by atoms with Crippen molar-refractivity contribution < 1.29 is 9.59 Å². The number of anilines is 1. The van der Waals surface area contributed by atoms with Crippen molar-refractivity contribution in [2.24, 2.45) is 0 Å². The normalized spacial score (nSPS) is 16.1. The van der Waals surface area contributed by atoms with Crippen LogP contribution < -0.4 is 5.32 Å². The molecule has 1 heterocycles. The van der Waals surface area contributed by atoms with E-state index in [1.807, 2.05) is 55.5 Å². The first kappa shape index (κ1) is 16.8. The van der Waals surface area contributed by atoms with Crippen LogP contribution in [0.15, 0.2) is 57.9 Å². The molecule has 1 aliphatic heterocycles. The van der Waals surface area contributed by atoms with E-state index in [0.29, 0.717) is 4.91 Å². The minimum atomic E-state index is -0.273.